The third-order valence-corrected chi connectivity index (χ3v) is 7.78. The Kier molecular flexibility index (Phi) is 8.50. The van der Waals surface area contributed by atoms with Gasteiger partial charge in [-0.1, -0.05) is 60.7 Å². The number of carbonyl (C=O) groups excluding carboxylic acids is 3. The van der Waals surface area contributed by atoms with Crippen LogP contribution in [0.15, 0.2) is 60.7 Å². The molecule has 2 aromatic rings. The lowest BCUT2D eigenvalue weighted by atomic mass is 9.69. The summed E-state index contributed by atoms with van der Waals surface area (Å²) in [5, 5.41) is 12.3. The van der Waals surface area contributed by atoms with Gasteiger partial charge in [-0.2, -0.15) is 0 Å². The van der Waals surface area contributed by atoms with E-state index in [2.05, 4.69) is 5.32 Å². The molecule has 1 spiro atoms. The standard InChI is InChI=1S/C29H38N4O5/c1-28(30,20-34)26(36)31-24(18-38-17-21-10-5-3-6-11-21)25(35)33-15-9-14-29(19-33)23(16-32(2)27(29)37)22-12-7-4-8-13-22/h3-8,10-13,23-24,34H,9,14-20,30H2,1-2H3,(H,31,36)/t23-,24-,28?,29-/m1/s1. The molecule has 9 nitrogen and oxygen atoms in total. The van der Waals surface area contributed by atoms with Crippen LogP contribution in [0.25, 0.3) is 0 Å². The van der Waals surface area contributed by atoms with Crippen molar-refractivity contribution in [2.45, 2.75) is 43.9 Å². The molecule has 4 atom stereocenters. The number of nitrogens with zero attached hydrogens (tertiary/aromatic N) is 2. The first-order chi connectivity index (χ1) is 18.2. The Balaban J connectivity index is 1.55. The van der Waals surface area contributed by atoms with Gasteiger partial charge in [0.25, 0.3) is 0 Å². The topological polar surface area (TPSA) is 125 Å². The number of piperidine rings is 1. The molecule has 1 unspecified atom stereocenters. The average Bonchev–Trinajstić information content (AvgIpc) is 3.17. The second-order valence-corrected chi connectivity index (χ2v) is 10.8. The SMILES string of the molecule is CN1C[C@H](c2ccccc2)[C@]2(CCCN(C(=O)[C@@H](COCc3ccccc3)NC(=O)C(C)(N)CO)C2)C1=O. The quantitative estimate of drug-likeness (QED) is 0.455. The molecule has 2 heterocycles. The van der Waals surface area contributed by atoms with E-state index in [0.717, 1.165) is 11.1 Å². The first-order valence-corrected chi connectivity index (χ1v) is 13.1. The number of nitrogens with two attached hydrogens (primary N) is 1. The molecule has 2 aromatic carbocycles. The number of carbonyl (C=O) groups is 3. The molecule has 2 aliphatic rings. The van der Waals surface area contributed by atoms with Crippen LogP contribution in [-0.2, 0) is 25.7 Å². The van der Waals surface area contributed by atoms with Gasteiger partial charge in [0, 0.05) is 32.6 Å². The Morgan fingerprint density at radius 1 is 1.18 bits per heavy atom. The number of hydrogen-bond donors (Lipinski definition) is 3. The summed E-state index contributed by atoms with van der Waals surface area (Å²) in [6.45, 7) is 2.36. The van der Waals surface area contributed by atoms with Crippen LogP contribution >= 0.6 is 0 Å². The van der Waals surface area contributed by atoms with E-state index >= 15 is 0 Å². The maximum Gasteiger partial charge on any atom is 0.247 e. The molecule has 0 radical (unpaired) electrons. The van der Waals surface area contributed by atoms with Crippen molar-refractivity contribution < 1.29 is 24.2 Å². The highest BCUT2D eigenvalue weighted by molar-refractivity contribution is 5.93. The third-order valence-electron chi connectivity index (χ3n) is 7.78. The van der Waals surface area contributed by atoms with Crippen molar-refractivity contribution in [3.05, 3.63) is 71.8 Å². The number of nitrogens with one attached hydrogen (secondary N) is 1. The normalized spacial score (nSPS) is 23.8. The molecule has 204 valence electrons. The van der Waals surface area contributed by atoms with E-state index in [1.807, 2.05) is 67.7 Å². The van der Waals surface area contributed by atoms with E-state index in [1.54, 1.807) is 9.80 Å². The van der Waals surface area contributed by atoms with Crippen molar-refractivity contribution in [2.24, 2.45) is 11.1 Å². The molecule has 0 bridgehead atoms. The lowest BCUT2D eigenvalue weighted by molar-refractivity contribution is -0.147. The fourth-order valence-corrected chi connectivity index (χ4v) is 5.56. The molecule has 0 aliphatic carbocycles. The number of aliphatic hydroxyl groups excluding tert-OH is 1. The number of amides is 3. The minimum Gasteiger partial charge on any atom is -0.394 e. The summed E-state index contributed by atoms with van der Waals surface area (Å²) in [5.41, 5.74) is 5.68. The summed E-state index contributed by atoms with van der Waals surface area (Å²) >= 11 is 0. The van der Waals surface area contributed by atoms with E-state index in [1.165, 1.54) is 6.92 Å². The second-order valence-electron chi connectivity index (χ2n) is 10.8. The molecular formula is C29H38N4O5. The van der Waals surface area contributed by atoms with Gasteiger partial charge in [0.1, 0.15) is 11.6 Å². The minimum absolute atomic E-state index is 0.0408. The highest BCUT2D eigenvalue weighted by atomic mass is 16.5. The fourth-order valence-electron chi connectivity index (χ4n) is 5.56. The average molecular weight is 523 g/mol. The number of hydrogen-bond acceptors (Lipinski definition) is 6. The Bertz CT molecular complexity index is 1130. The monoisotopic (exact) mass is 522 g/mol. The van der Waals surface area contributed by atoms with Crippen molar-refractivity contribution >= 4 is 17.7 Å². The minimum atomic E-state index is -1.55. The first kappa shape index (κ1) is 27.8. The number of ether oxygens (including phenoxy) is 1. The van der Waals surface area contributed by atoms with Gasteiger partial charge in [-0.05, 0) is 30.9 Å². The predicted molar refractivity (Wildman–Crippen MR) is 143 cm³/mol. The molecule has 4 N–H and O–H groups in total. The smallest absolute Gasteiger partial charge is 0.247 e. The molecule has 2 saturated heterocycles. The molecule has 0 aromatic heterocycles. The highest BCUT2D eigenvalue weighted by Gasteiger charge is 2.55. The predicted octanol–water partition coefficient (Wildman–Crippen LogP) is 1.26. The van der Waals surface area contributed by atoms with Gasteiger partial charge < -0.3 is 30.7 Å². The Morgan fingerprint density at radius 3 is 2.50 bits per heavy atom. The zero-order chi connectivity index (χ0) is 27.3. The van der Waals surface area contributed by atoms with E-state index in [-0.39, 0.29) is 37.5 Å². The molecular weight excluding hydrogens is 484 g/mol. The lowest BCUT2D eigenvalue weighted by Gasteiger charge is -2.43. The molecule has 9 heteroatoms. The summed E-state index contributed by atoms with van der Waals surface area (Å²) in [6.07, 6.45) is 1.36. The van der Waals surface area contributed by atoms with Crippen LogP contribution in [-0.4, -0.2) is 84.1 Å². The van der Waals surface area contributed by atoms with E-state index < -0.39 is 29.5 Å². The summed E-state index contributed by atoms with van der Waals surface area (Å²) in [5.74, 6) is -0.971. The van der Waals surface area contributed by atoms with Gasteiger partial charge in [-0.15, -0.1) is 0 Å². The van der Waals surface area contributed by atoms with Crippen LogP contribution in [0.1, 0.15) is 36.8 Å². The van der Waals surface area contributed by atoms with E-state index in [9.17, 15) is 19.5 Å². The summed E-state index contributed by atoms with van der Waals surface area (Å²) in [7, 11) is 1.81. The maximum absolute atomic E-state index is 13.9. The van der Waals surface area contributed by atoms with Crippen molar-refractivity contribution in [3.8, 4) is 0 Å². The van der Waals surface area contributed by atoms with Gasteiger partial charge in [0.15, 0.2) is 0 Å². The summed E-state index contributed by atoms with van der Waals surface area (Å²) < 4.78 is 5.85. The van der Waals surface area contributed by atoms with Crippen LogP contribution in [0, 0.1) is 5.41 Å². The van der Waals surface area contributed by atoms with E-state index in [0.29, 0.717) is 25.9 Å². The number of benzene rings is 2. The Hall–Kier alpha value is -3.27. The van der Waals surface area contributed by atoms with Crippen molar-refractivity contribution in [1.82, 2.24) is 15.1 Å². The second kappa shape index (κ2) is 11.6. The zero-order valence-electron chi connectivity index (χ0n) is 22.1. The first-order valence-electron chi connectivity index (χ1n) is 13.1. The number of likely N-dealkylation sites (tertiary alicyclic amines) is 2. The molecule has 0 saturated carbocycles. The van der Waals surface area contributed by atoms with Crippen LogP contribution in [0.4, 0.5) is 0 Å². The number of likely N-dealkylation sites (N-methyl/N-ethyl adjacent to an activating group) is 1. The van der Waals surface area contributed by atoms with Crippen LogP contribution < -0.4 is 11.1 Å². The van der Waals surface area contributed by atoms with Crippen molar-refractivity contribution in [1.29, 1.82) is 0 Å². The largest absolute Gasteiger partial charge is 0.394 e. The van der Waals surface area contributed by atoms with Gasteiger partial charge in [-0.3, -0.25) is 14.4 Å². The van der Waals surface area contributed by atoms with E-state index in [4.69, 9.17) is 10.5 Å². The molecule has 38 heavy (non-hydrogen) atoms. The number of rotatable bonds is 9. The molecule has 2 aliphatic heterocycles. The Morgan fingerprint density at radius 2 is 1.84 bits per heavy atom. The lowest BCUT2D eigenvalue weighted by Crippen LogP contribution is -2.62. The van der Waals surface area contributed by atoms with Gasteiger partial charge in [0.2, 0.25) is 17.7 Å². The van der Waals surface area contributed by atoms with Crippen LogP contribution in [0.2, 0.25) is 0 Å². The van der Waals surface area contributed by atoms with Crippen LogP contribution in [0.3, 0.4) is 0 Å². The van der Waals surface area contributed by atoms with Gasteiger partial charge >= 0.3 is 0 Å². The molecule has 4 rings (SSSR count). The van der Waals surface area contributed by atoms with Gasteiger partial charge in [-0.25, -0.2) is 0 Å². The highest BCUT2D eigenvalue weighted by Crippen LogP contribution is 2.49. The van der Waals surface area contributed by atoms with Crippen molar-refractivity contribution in [3.63, 3.8) is 0 Å². The fraction of sp³-hybridized carbons (Fsp3) is 0.483. The summed E-state index contributed by atoms with van der Waals surface area (Å²) in [6, 6.07) is 18.5. The number of aliphatic hydroxyl groups is 1. The van der Waals surface area contributed by atoms with Crippen LogP contribution in [0.5, 0.6) is 0 Å². The van der Waals surface area contributed by atoms with Gasteiger partial charge in [0.05, 0.1) is 25.2 Å². The molecule has 3 amide bonds. The molecule has 2 fully saturated rings. The Labute approximate surface area is 223 Å². The maximum atomic E-state index is 13.9. The summed E-state index contributed by atoms with van der Waals surface area (Å²) in [4.78, 5) is 43.7. The zero-order valence-corrected chi connectivity index (χ0v) is 22.1. The van der Waals surface area contributed by atoms with Crippen molar-refractivity contribution in [2.75, 3.05) is 39.9 Å². The third kappa shape index (κ3) is 5.75.